The summed E-state index contributed by atoms with van der Waals surface area (Å²) in [6, 6.07) is 5.65. The molecule has 1 heterocycles. The van der Waals surface area contributed by atoms with Gasteiger partial charge in [0.15, 0.2) is 11.9 Å². The molecule has 0 spiro atoms. The largest absolute Gasteiger partial charge is 0.477 e. The van der Waals surface area contributed by atoms with Crippen LogP contribution in [0.2, 0.25) is 5.02 Å². The second-order valence-electron chi connectivity index (χ2n) is 5.15. The molecule has 0 bridgehead atoms. The van der Waals surface area contributed by atoms with Crippen molar-refractivity contribution in [2.24, 2.45) is 0 Å². The summed E-state index contributed by atoms with van der Waals surface area (Å²) in [5.41, 5.74) is 0.669. The summed E-state index contributed by atoms with van der Waals surface area (Å²) in [5.74, 6) is 0.455. The minimum absolute atomic E-state index is 0.123. The molecule has 2 rings (SSSR count). The van der Waals surface area contributed by atoms with Crippen molar-refractivity contribution < 1.29 is 9.53 Å². The summed E-state index contributed by atoms with van der Waals surface area (Å²) in [5, 5.41) is 4.35. The molecular formula is C16H18ClIN2O2. The van der Waals surface area contributed by atoms with Crippen LogP contribution in [0.25, 0.3) is 10.9 Å². The number of pyridine rings is 1. The van der Waals surface area contributed by atoms with E-state index in [9.17, 15) is 4.79 Å². The Balaban J connectivity index is 2.30. The average molecular weight is 433 g/mol. The summed E-state index contributed by atoms with van der Waals surface area (Å²) in [4.78, 5) is 16.5. The van der Waals surface area contributed by atoms with E-state index in [2.05, 4.69) is 32.9 Å². The van der Waals surface area contributed by atoms with Crippen molar-refractivity contribution in [2.45, 2.75) is 39.3 Å². The van der Waals surface area contributed by atoms with Gasteiger partial charge in [0.2, 0.25) is 0 Å². The van der Waals surface area contributed by atoms with Crippen LogP contribution >= 0.6 is 34.2 Å². The number of hydrogen-bond acceptors (Lipinski definition) is 3. The fourth-order valence-corrected chi connectivity index (χ4v) is 3.09. The Morgan fingerprint density at radius 2 is 2.23 bits per heavy atom. The van der Waals surface area contributed by atoms with Crippen LogP contribution in [0.1, 0.15) is 27.2 Å². The van der Waals surface area contributed by atoms with Crippen LogP contribution in [0.5, 0.6) is 5.75 Å². The molecule has 0 radical (unpaired) electrons. The summed E-state index contributed by atoms with van der Waals surface area (Å²) in [6.45, 7) is 5.72. The van der Waals surface area contributed by atoms with Gasteiger partial charge >= 0.3 is 0 Å². The van der Waals surface area contributed by atoms with Crippen molar-refractivity contribution in [3.05, 3.63) is 33.0 Å². The number of benzene rings is 1. The van der Waals surface area contributed by atoms with Gasteiger partial charge in [0.05, 0.1) is 8.59 Å². The monoisotopic (exact) mass is 432 g/mol. The highest BCUT2D eigenvalue weighted by atomic mass is 127. The van der Waals surface area contributed by atoms with Gasteiger partial charge in [-0.3, -0.25) is 9.78 Å². The van der Waals surface area contributed by atoms with Gasteiger partial charge in [0.1, 0.15) is 5.52 Å². The number of aromatic nitrogens is 1. The molecule has 0 aliphatic carbocycles. The highest BCUT2D eigenvalue weighted by molar-refractivity contribution is 14.1. The van der Waals surface area contributed by atoms with Gasteiger partial charge in [-0.05, 0) is 61.1 Å². The molecule has 0 aliphatic heterocycles. The van der Waals surface area contributed by atoms with Crippen LogP contribution in [-0.4, -0.2) is 23.0 Å². The highest BCUT2D eigenvalue weighted by Crippen LogP contribution is 2.35. The number of hydrogen-bond donors (Lipinski definition) is 1. The van der Waals surface area contributed by atoms with Crippen LogP contribution in [0.3, 0.4) is 0 Å². The SMILES string of the molecule is CC[C@@H](C)NC(=O)[C@@H](C)Oc1c(I)cc(Cl)c2cccnc12. The first-order valence-electron chi connectivity index (χ1n) is 7.13. The lowest BCUT2D eigenvalue weighted by molar-refractivity contribution is -0.127. The van der Waals surface area contributed by atoms with Crippen LogP contribution in [0.15, 0.2) is 24.4 Å². The lowest BCUT2D eigenvalue weighted by Crippen LogP contribution is -2.41. The smallest absolute Gasteiger partial charge is 0.260 e. The van der Waals surface area contributed by atoms with Gasteiger partial charge < -0.3 is 10.1 Å². The molecule has 2 atom stereocenters. The quantitative estimate of drug-likeness (QED) is 0.721. The topological polar surface area (TPSA) is 51.2 Å². The van der Waals surface area contributed by atoms with Gasteiger partial charge in [0.25, 0.3) is 5.91 Å². The molecule has 6 heteroatoms. The van der Waals surface area contributed by atoms with Crippen LogP contribution < -0.4 is 10.1 Å². The van der Waals surface area contributed by atoms with E-state index in [0.29, 0.717) is 16.3 Å². The fourth-order valence-electron chi connectivity index (χ4n) is 1.95. The Labute approximate surface area is 148 Å². The second kappa shape index (κ2) is 7.46. The van der Waals surface area contributed by atoms with Crippen molar-refractivity contribution in [1.82, 2.24) is 10.3 Å². The Morgan fingerprint density at radius 3 is 2.91 bits per heavy atom. The average Bonchev–Trinajstić information content (AvgIpc) is 2.50. The Bertz CT molecular complexity index is 693. The van der Waals surface area contributed by atoms with Gasteiger partial charge in [0, 0.05) is 17.6 Å². The standard InChI is InChI=1S/C16H18ClIN2O2/c1-4-9(2)20-16(21)10(3)22-15-13(18)8-12(17)11-6-5-7-19-14(11)15/h5-10H,4H2,1-3H3,(H,20,21)/t9-,10-/m1/s1. The summed E-state index contributed by atoms with van der Waals surface area (Å²) < 4.78 is 6.71. The molecular weight excluding hydrogens is 415 g/mol. The third kappa shape index (κ3) is 3.81. The van der Waals surface area contributed by atoms with E-state index in [-0.39, 0.29) is 11.9 Å². The lowest BCUT2D eigenvalue weighted by atomic mass is 10.2. The number of rotatable bonds is 5. The summed E-state index contributed by atoms with van der Waals surface area (Å²) in [7, 11) is 0. The summed E-state index contributed by atoms with van der Waals surface area (Å²) >= 11 is 8.38. The number of halogens is 2. The van der Waals surface area contributed by atoms with Crippen molar-refractivity contribution in [1.29, 1.82) is 0 Å². The molecule has 1 aromatic heterocycles. The van der Waals surface area contributed by atoms with Crippen molar-refractivity contribution in [3.63, 3.8) is 0 Å². The first kappa shape index (κ1) is 17.3. The minimum Gasteiger partial charge on any atom is -0.477 e. The predicted octanol–water partition coefficient (Wildman–Crippen LogP) is 4.17. The molecule has 4 nitrogen and oxygen atoms in total. The fraction of sp³-hybridized carbons (Fsp3) is 0.375. The van der Waals surface area contributed by atoms with Crippen molar-refractivity contribution in [3.8, 4) is 5.75 Å². The molecule has 1 aromatic carbocycles. The number of fused-ring (bicyclic) bond motifs is 1. The number of carbonyl (C=O) groups excluding carboxylic acids is 1. The van der Waals surface area contributed by atoms with Crippen LogP contribution in [0.4, 0.5) is 0 Å². The number of carbonyl (C=O) groups is 1. The number of amides is 1. The highest BCUT2D eigenvalue weighted by Gasteiger charge is 2.20. The van der Waals surface area contributed by atoms with E-state index in [0.717, 1.165) is 15.4 Å². The van der Waals surface area contributed by atoms with E-state index in [1.807, 2.05) is 32.0 Å². The third-order valence-electron chi connectivity index (χ3n) is 3.42. The first-order chi connectivity index (χ1) is 10.4. The molecule has 118 valence electrons. The maximum atomic E-state index is 12.1. The molecule has 1 amide bonds. The zero-order valence-corrected chi connectivity index (χ0v) is 15.6. The third-order valence-corrected chi connectivity index (χ3v) is 4.53. The van der Waals surface area contributed by atoms with E-state index in [1.165, 1.54) is 0 Å². The normalized spacial score (nSPS) is 13.7. The van der Waals surface area contributed by atoms with Gasteiger partial charge in [-0.25, -0.2) is 0 Å². The van der Waals surface area contributed by atoms with Crippen LogP contribution in [0, 0.1) is 3.57 Å². The summed E-state index contributed by atoms with van der Waals surface area (Å²) in [6.07, 6.45) is 1.96. The van der Waals surface area contributed by atoms with E-state index in [1.54, 1.807) is 13.1 Å². The van der Waals surface area contributed by atoms with Gasteiger partial charge in [-0.1, -0.05) is 18.5 Å². The van der Waals surface area contributed by atoms with E-state index < -0.39 is 6.10 Å². The first-order valence-corrected chi connectivity index (χ1v) is 8.59. The number of nitrogens with zero attached hydrogens (tertiary/aromatic N) is 1. The number of ether oxygens (including phenoxy) is 1. The van der Waals surface area contributed by atoms with E-state index >= 15 is 0 Å². The maximum absolute atomic E-state index is 12.1. The zero-order valence-electron chi connectivity index (χ0n) is 12.7. The van der Waals surface area contributed by atoms with Crippen molar-refractivity contribution in [2.75, 3.05) is 0 Å². The molecule has 1 N–H and O–H groups in total. The molecule has 0 saturated heterocycles. The molecule has 2 aromatic rings. The molecule has 22 heavy (non-hydrogen) atoms. The van der Waals surface area contributed by atoms with Crippen LogP contribution in [-0.2, 0) is 4.79 Å². The molecule has 0 aliphatic rings. The second-order valence-corrected chi connectivity index (χ2v) is 6.72. The minimum atomic E-state index is -0.603. The molecule has 0 saturated carbocycles. The zero-order chi connectivity index (χ0) is 16.3. The Morgan fingerprint density at radius 1 is 1.50 bits per heavy atom. The van der Waals surface area contributed by atoms with Gasteiger partial charge in [-0.2, -0.15) is 0 Å². The Kier molecular flexibility index (Phi) is 5.86. The molecule has 0 fully saturated rings. The molecule has 0 unspecified atom stereocenters. The van der Waals surface area contributed by atoms with E-state index in [4.69, 9.17) is 16.3 Å². The Hall–Kier alpha value is -1.08. The number of nitrogens with one attached hydrogen (secondary N) is 1. The maximum Gasteiger partial charge on any atom is 0.260 e. The van der Waals surface area contributed by atoms with Gasteiger partial charge in [-0.15, -0.1) is 0 Å². The lowest BCUT2D eigenvalue weighted by Gasteiger charge is -2.19. The predicted molar refractivity (Wildman–Crippen MR) is 97.5 cm³/mol. The van der Waals surface area contributed by atoms with Crippen molar-refractivity contribution >= 4 is 51.0 Å².